The molecule has 0 aliphatic carbocycles. The first-order valence-corrected chi connectivity index (χ1v) is 13.0. The minimum Gasteiger partial charge on any atom is -0.489 e. The topological polar surface area (TPSA) is 95.1 Å². The Balaban J connectivity index is 1.74. The van der Waals surface area contributed by atoms with Crippen molar-refractivity contribution in [1.82, 2.24) is 14.8 Å². The molecular formula is C25H28BrN5O2S. The monoisotopic (exact) mass is 541 g/mol. The van der Waals surface area contributed by atoms with Crippen molar-refractivity contribution in [3.05, 3.63) is 74.9 Å². The number of thioether (sulfide) groups is 1. The van der Waals surface area contributed by atoms with Crippen molar-refractivity contribution in [3.8, 4) is 5.75 Å². The second kappa shape index (κ2) is 10.7. The molecule has 178 valence electrons. The van der Waals surface area contributed by atoms with Gasteiger partial charge in [-0.2, -0.15) is 4.98 Å². The van der Waals surface area contributed by atoms with E-state index in [0.717, 1.165) is 34.2 Å². The number of amides is 1. The van der Waals surface area contributed by atoms with Crippen LogP contribution in [0.25, 0.3) is 0 Å². The summed E-state index contributed by atoms with van der Waals surface area (Å²) in [5.41, 5.74) is 9.99. The van der Waals surface area contributed by atoms with Crippen molar-refractivity contribution >= 4 is 39.5 Å². The largest absolute Gasteiger partial charge is 0.489 e. The Morgan fingerprint density at radius 2 is 2.00 bits per heavy atom. The lowest BCUT2D eigenvalue weighted by molar-refractivity contribution is -0.115. The van der Waals surface area contributed by atoms with Crippen molar-refractivity contribution in [2.24, 2.45) is 5.73 Å². The van der Waals surface area contributed by atoms with Gasteiger partial charge in [0, 0.05) is 21.5 Å². The fourth-order valence-electron chi connectivity index (χ4n) is 3.82. The first-order chi connectivity index (χ1) is 16.4. The molecule has 3 aromatic rings. The maximum Gasteiger partial charge on any atom is 0.248 e. The molecule has 2 heterocycles. The normalized spacial score (nSPS) is 15.1. The Morgan fingerprint density at radius 3 is 2.71 bits per heavy atom. The maximum atomic E-state index is 12.6. The average molecular weight is 543 g/mol. The zero-order valence-corrected chi connectivity index (χ0v) is 21.9. The highest BCUT2D eigenvalue weighted by molar-refractivity contribution is 9.10. The summed E-state index contributed by atoms with van der Waals surface area (Å²) in [5, 5.41) is 8.60. The van der Waals surface area contributed by atoms with E-state index in [0.29, 0.717) is 34.7 Å². The molecular weight excluding hydrogens is 514 g/mol. The van der Waals surface area contributed by atoms with Gasteiger partial charge in [0.05, 0.1) is 5.57 Å². The third-order valence-electron chi connectivity index (χ3n) is 5.61. The van der Waals surface area contributed by atoms with Crippen LogP contribution in [0.3, 0.4) is 0 Å². The van der Waals surface area contributed by atoms with Gasteiger partial charge < -0.3 is 15.8 Å². The molecule has 0 radical (unpaired) electrons. The number of anilines is 1. The van der Waals surface area contributed by atoms with Gasteiger partial charge in [-0.3, -0.25) is 4.79 Å². The number of nitrogens with one attached hydrogen (secondary N) is 1. The predicted molar refractivity (Wildman–Crippen MR) is 139 cm³/mol. The van der Waals surface area contributed by atoms with Gasteiger partial charge in [0.1, 0.15) is 18.4 Å². The van der Waals surface area contributed by atoms with Gasteiger partial charge in [0.15, 0.2) is 0 Å². The molecule has 1 aliphatic rings. The lowest BCUT2D eigenvalue weighted by Crippen LogP contribution is -2.32. The Kier molecular flexibility index (Phi) is 7.63. The third-order valence-corrected chi connectivity index (χ3v) is 7.03. The Labute approximate surface area is 212 Å². The summed E-state index contributed by atoms with van der Waals surface area (Å²) in [6, 6.07) is 13.4. The van der Waals surface area contributed by atoms with Crippen LogP contribution in [0.5, 0.6) is 5.75 Å². The number of fused-ring (bicyclic) bond motifs is 1. The smallest absolute Gasteiger partial charge is 0.248 e. The van der Waals surface area contributed by atoms with E-state index in [1.807, 2.05) is 37.3 Å². The number of carbonyl (C=O) groups excluding carboxylic acids is 1. The van der Waals surface area contributed by atoms with Crippen LogP contribution in [0, 0.1) is 6.92 Å². The van der Waals surface area contributed by atoms with E-state index >= 15 is 0 Å². The second-order valence-corrected chi connectivity index (χ2v) is 10.2. The van der Waals surface area contributed by atoms with Crippen molar-refractivity contribution in [2.75, 3.05) is 11.1 Å². The number of ether oxygens (including phenoxy) is 1. The molecule has 0 saturated heterocycles. The summed E-state index contributed by atoms with van der Waals surface area (Å²) in [6.07, 6.45) is 2.19. The number of unbranched alkanes of at least 4 members (excludes halogenated alkanes) is 1. The van der Waals surface area contributed by atoms with Crippen molar-refractivity contribution in [1.29, 1.82) is 0 Å². The number of carbonyl (C=O) groups is 1. The molecule has 0 saturated carbocycles. The fraction of sp³-hybridized carbons (Fsp3) is 0.320. The summed E-state index contributed by atoms with van der Waals surface area (Å²) in [7, 11) is 0. The maximum absolute atomic E-state index is 12.6. The zero-order chi connectivity index (χ0) is 24.2. The highest BCUT2D eigenvalue weighted by atomic mass is 79.9. The SMILES string of the molecule is CCCCSc1nc2n(n1)C(c1cc(Br)ccc1OCc1ccc(C)cc1)C(C(N)=O)=C(C)N2. The molecule has 0 bridgehead atoms. The number of rotatable bonds is 9. The van der Waals surface area contributed by atoms with E-state index in [2.05, 4.69) is 52.2 Å². The molecule has 2 aromatic carbocycles. The first kappa shape index (κ1) is 24.3. The molecule has 3 N–H and O–H groups in total. The number of hydrogen-bond acceptors (Lipinski definition) is 6. The molecule has 4 rings (SSSR count). The molecule has 34 heavy (non-hydrogen) atoms. The summed E-state index contributed by atoms with van der Waals surface area (Å²) >= 11 is 5.18. The Morgan fingerprint density at radius 1 is 1.24 bits per heavy atom. The molecule has 1 amide bonds. The number of aromatic nitrogens is 3. The van der Waals surface area contributed by atoms with E-state index in [1.165, 1.54) is 5.56 Å². The van der Waals surface area contributed by atoms with E-state index in [-0.39, 0.29) is 0 Å². The molecule has 0 spiro atoms. The van der Waals surface area contributed by atoms with E-state index in [4.69, 9.17) is 15.6 Å². The number of hydrogen-bond donors (Lipinski definition) is 2. The van der Waals surface area contributed by atoms with E-state index < -0.39 is 11.9 Å². The molecule has 1 aliphatic heterocycles. The van der Waals surface area contributed by atoms with Gasteiger partial charge in [-0.1, -0.05) is 70.9 Å². The van der Waals surface area contributed by atoms with Gasteiger partial charge in [-0.05, 0) is 44.0 Å². The number of allylic oxidation sites excluding steroid dienone is 1. The zero-order valence-electron chi connectivity index (χ0n) is 19.5. The standard InChI is InChI=1S/C25H28BrN5O2S/c1-4-5-12-34-25-29-24-28-16(3)21(23(27)32)22(31(24)30-25)19-13-18(26)10-11-20(19)33-14-17-8-6-15(2)7-9-17/h6-11,13,22H,4-5,12,14H2,1-3H3,(H2,27,32)(H,28,29,30). The summed E-state index contributed by atoms with van der Waals surface area (Å²) < 4.78 is 8.86. The van der Waals surface area contributed by atoms with Crippen LogP contribution in [0.15, 0.2) is 63.4 Å². The van der Waals surface area contributed by atoms with Crippen LogP contribution in [0.1, 0.15) is 49.4 Å². The predicted octanol–water partition coefficient (Wildman–Crippen LogP) is 5.59. The number of halogens is 1. The molecule has 1 aromatic heterocycles. The van der Waals surface area contributed by atoms with E-state index in [9.17, 15) is 4.79 Å². The van der Waals surface area contributed by atoms with Gasteiger partial charge in [0.25, 0.3) is 0 Å². The number of nitrogens with two attached hydrogens (primary N) is 1. The minimum atomic E-state index is -0.563. The molecule has 9 heteroatoms. The fourth-order valence-corrected chi connectivity index (χ4v) is 5.11. The van der Waals surface area contributed by atoms with Crippen LogP contribution in [0.2, 0.25) is 0 Å². The first-order valence-electron chi connectivity index (χ1n) is 11.2. The van der Waals surface area contributed by atoms with Crippen molar-refractivity contribution in [2.45, 2.75) is 51.4 Å². The van der Waals surface area contributed by atoms with Gasteiger partial charge >= 0.3 is 0 Å². The summed E-state index contributed by atoms with van der Waals surface area (Å²) in [4.78, 5) is 17.2. The highest BCUT2D eigenvalue weighted by Gasteiger charge is 2.35. The van der Waals surface area contributed by atoms with Crippen molar-refractivity contribution < 1.29 is 9.53 Å². The highest BCUT2D eigenvalue weighted by Crippen LogP contribution is 2.41. The quantitative estimate of drug-likeness (QED) is 0.270. The van der Waals surface area contributed by atoms with Crippen LogP contribution < -0.4 is 15.8 Å². The molecule has 7 nitrogen and oxygen atoms in total. The van der Waals surface area contributed by atoms with Crippen LogP contribution >= 0.6 is 27.7 Å². The lowest BCUT2D eigenvalue weighted by Gasteiger charge is -2.29. The van der Waals surface area contributed by atoms with Gasteiger partial charge in [-0.25, -0.2) is 4.68 Å². The number of benzene rings is 2. The second-order valence-electron chi connectivity index (χ2n) is 8.25. The lowest BCUT2D eigenvalue weighted by atomic mass is 9.94. The molecule has 1 unspecified atom stereocenters. The van der Waals surface area contributed by atoms with Crippen molar-refractivity contribution in [3.63, 3.8) is 0 Å². The number of nitrogens with zero attached hydrogens (tertiary/aromatic N) is 3. The van der Waals surface area contributed by atoms with Crippen LogP contribution in [0.4, 0.5) is 5.95 Å². The Bertz CT molecular complexity index is 1220. The van der Waals surface area contributed by atoms with Crippen LogP contribution in [-0.4, -0.2) is 26.4 Å². The minimum absolute atomic E-state index is 0.400. The average Bonchev–Trinajstić information content (AvgIpc) is 3.20. The molecule has 0 fully saturated rings. The summed E-state index contributed by atoms with van der Waals surface area (Å²) in [5.74, 6) is 1.65. The number of aryl methyl sites for hydroxylation is 1. The third kappa shape index (κ3) is 5.31. The van der Waals surface area contributed by atoms with Crippen LogP contribution in [-0.2, 0) is 11.4 Å². The Hall–Kier alpha value is -2.78. The number of primary amides is 1. The van der Waals surface area contributed by atoms with Gasteiger partial charge in [-0.15, -0.1) is 5.10 Å². The molecule has 1 atom stereocenters. The van der Waals surface area contributed by atoms with Gasteiger partial charge in [0.2, 0.25) is 17.0 Å². The van der Waals surface area contributed by atoms with E-state index in [1.54, 1.807) is 16.4 Å². The summed E-state index contributed by atoms with van der Waals surface area (Å²) in [6.45, 7) is 6.44.